The molecule has 2 nitrogen and oxygen atoms in total. The van der Waals surface area contributed by atoms with Crippen molar-refractivity contribution in [2.24, 2.45) is 5.92 Å². The van der Waals surface area contributed by atoms with Crippen molar-refractivity contribution < 1.29 is 0 Å². The van der Waals surface area contributed by atoms with E-state index in [2.05, 4.69) is 47.8 Å². The van der Waals surface area contributed by atoms with Crippen molar-refractivity contribution in [3.8, 4) is 0 Å². The van der Waals surface area contributed by atoms with E-state index in [1.165, 1.54) is 12.0 Å². The fourth-order valence-electron chi connectivity index (χ4n) is 1.71. The predicted octanol–water partition coefficient (Wildman–Crippen LogP) is 3.51. The molecule has 1 atom stereocenters. The molecule has 0 spiro atoms. The van der Waals surface area contributed by atoms with E-state index in [1.54, 1.807) is 0 Å². The second-order valence-corrected chi connectivity index (χ2v) is 5.42. The standard InChI is InChI=1S/C13H21BrN2/c1-4-10(2)8-16(3)9-11-5-6-12(15)7-13(11)14/h5-7,10H,4,8-9,15H2,1-3H3. The maximum atomic E-state index is 5.72. The summed E-state index contributed by atoms with van der Waals surface area (Å²) < 4.78 is 1.10. The maximum absolute atomic E-state index is 5.72. The molecule has 0 aromatic heterocycles. The number of benzene rings is 1. The van der Waals surface area contributed by atoms with Crippen LogP contribution in [0, 0.1) is 5.92 Å². The van der Waals surface area contributed by atoms with Crippen LogP contribution in [0.15, 0.2) is 22.7 Å². The summed E-state index contributed by atoms with van der Waals surface area (Å²) in [6.07, 6.45) is 1.23. The highest BCUT2D eigenvalue weighted by Crippen LogP contribution is 2.21. The highest BCUT2D eigenvalue weighted by molar-refractivity contribution is 9.10. The largest absolute Gasteiger partial charge is 0.399 e. The van der Waals surface area contributed by atoms with Gasteiger partial charge in [0.15, 0.2) is 0 Å². The number of hydrogen-bond donors (Lipinski definition) is 1. The Balaban J connectivity index is 2.59. The molecule has 3 heteroatoms. The van der Waals surface area contributed by atoms with Crippen molar-refractivity contribution in [1.29, 1.82) is 0 Å². The number of hydrogen-bond acceptors (Lipinski definition) is 2. The predicted molar refractivity (Wildman–Crippen MR) is 74.3 cm³/mol. The van der Waals surface area contributed by atoms with Crippen LogP contribution < -0.4 is 5.73 Å². The minimum atomic E-state index is 0.748. The van der Waals surface area contributed by atoms with E-state index < -0.39 is 0 Å². The van der Waals surface area contributed by atoms with Gasteiger partial charge in [-0.05, 0) is 30.7 Å². The molecule has 0 radical (unpaired) electrons. The number of nitrogen functional groups attached to an aromatic ring is 1. The van der Waals surface area contributed by atoms with Crippen LogP contribution in [0.1, 0.15) is 25.8 Å². The molecule has 0 fully saturated rings. The molecule has 0 amide bonds. The Hall–Kier alpha value is -0.540. The van der Waals surface area contributed by atoms with Crippen LogP contribution in [0.3, 0.4) is 0 Å². The number of nitrogens with two attached hydrogens (primary N) is 1. The summed E-state index contributed by atoms with van der Waals surface area (Å²) in [6, 6.07) is 6.01. The molecule has 0 aliphatic rings. The molecular weight excluding hydrogens is 264 g/mol. The highest BCUT2D eigenvalue weighted by Gasteiger charge is 2.07. The summed E-state index contributed by atoms with van der Waals surface area (Å²) in [4.78, 5) is 2.35. The zero-order valence-corrected chi connectivity index (χ0v) is 11.9. The number of nitrogens with zero attached hydrogens (tertiary/aromatic N) is 1. The van der Waals surface area contributed by atoms with Crippen LogP contribution in [0.5, 0.6) is 0 Å². The highest BCUT2D eigenvalue weighted by atomic mass is 79.9. The fourth-order valence-corrected chi connectivity index (χ4v) is 2.23. The van der Waals surface area contributed by atoms with Crippen LogP contribution >= 0.6 is 15.9 Å². The summed E-state index contributed by atoms with van der Waals surface area (Å²) in [7, 11) is 2.16. The van der Waals surface area contributed by atoms with E-state index in [-0.39, 0.29) is 0 Å². The normalized spacial score (nSPS) is 13.1. The van der Waals surface area contributed by atoms with Crippen LogP contribution in [-0.4, -0.2) is 18.5 Å². The van der Waals surface area contributed by atoms with E-state index in [9.17, 15) is 0 Å². The summed E-state index contributed by atoms with van der Waals surface area (Å²) in [5.41, 5.74) is 7.81. The minimum Gasteiger partial charge on any atom is -0.399 e. The zero-order valence-electron chi connectivity index (χ0n) is 10.3. The fraction of sp³-hybridized carbons (Fsp3) is 0.538. The third-order valence-electron chi connectivity index (χ3n) is 2.84. The van der Waals surface area contributed by atoms with Crippen LogP contribution in [0.25, 0.3) is 0 Å². The van der Waals surface area contributed by atoms with Gasteiger partial charge in [-0.2, -0.15) is 0 Å². The Morgan fingerprint density at radius 1 is 1.44 bits per heavy atom. The number of halogens is 1. The van der Waals surface area contributed by atoms with E-state index in [1.807, 2.05) is 12.1 Å². The van der Waals surface area contributed by atoms with Crippen LogP contribution in [0.2, 0.25) is 0 Å². The molecule has 2 N–H and O–H groups in total. The first-order valence-electron chi connectivity index (χ1n) is 5.75. The summed E-state index contributed by atoms with van der Waals surface area (Å²) in [5, 5.41) is 0. The first-order chi connectivity index (χ1) is 7.52. The van der Waals surface area contributed by atoms with Gasteiger partial charge < -0.3 is 10.6 Å². The quantitative estimate of drug-likeness (QED) is 0.839. The lowest BCUT2D eigenvalue weighted by Crippen LogP contribution is -2.23. The Kier molecular flexibility index (Phi) is 5.29. The van der Waals surface area contributed by atoms with Gasteiger partial charge in [0.05, 0.1) is 0 Å². The maximum Gasteiger partial charge on any atom is 0.0325 e. The van der Waals surface area contributed by atoms with E-state index in [0.717, 1.165) is 29.2 Å². The molecule has 0 aliphatic heterocycles. The first-order valence-corrected chi connectivity index (χ1v) is 6.54. The van der Waals surface area contributed by atoms with Crippen LogP contribution in [-0.2, 0) is 6.54 Å². The zero-order chi connectivity index (χ0) is 12.1. The van der Waals surface area contributed by atoms with Gasteiger partial charge in [0, 0.05) is 23.2 Å². The third kappa shape index (κ3) is 4.14. The second kappa shape index (κ2) is 6.26. The molecule has 1 unspecified atom stereocenters. The lowest BCUT2D eigenvalue weighted by Gasteiger charge is -2.21. The minimum absolute atomic E-state index is 0.748. The SMILES string of the molecule is CCC(C)CN(C)Cc1ccc(N)cc1Br. The molecule has 1 aromatic rings. The van der Waals surface area contributed by atoms with Crippen molar-refractivity contribution in [2.45, 2.75) is 26.8 Å². The number of anilines is 1. The summed E-state index contributed by atoms with van der Waals surface area (Å²) in [6.45, 7) is 6.62. The molecule has 90 valence electrons. The topological polar surface area (TPSA) is 29.3 Å². The Morgan fingerprint density at radius 2 is 2.12 bits per heavy atom. The Bertz CT molecular complexity index is 339. The molecule has 0 bridgehead atoms. The van der Waals surface area contributed by atoms with Gasteiger partial charge >= 0.3 is 0 Å². The van der Waals surface area contributed by atoms with Gasteiger partial charge in [-0.1, -0.05) is 42.3 Å². The van der Waals surface area contributed by atoms with Gasteiger partial charge in [-0.15, -0.1) is 0 Å². The average molecular weight is 285 g/mol. The molecule has 0 aliphatic carbocycles. The molecule has 16 heavy (non-hydrogen) atoms. The van der Waals surface area contributed by atoms with Gasteiger partial charge in [-0.3, -0.25) is 0 Å². The number of rotatable bonds is 5. The molecular formula is C13H21BrN2. The molecule has 0 saturated heterocycles. The third-order valence-corrected chi connectivity index (χ3v) is 3.58. The van der Waals surface area contributed by atoms with E-state index >= 15 is 0 Å². The van der Waals surface area contributed by atoms with Crippen LogP contribution in [0.4, 0.5) is 5.69 Å². The summed E-state index contributed by atoms with van der Waals surface area (Å²) in [5.74, 6) is 0.748. The Labute approximate surface area is 107 Å². The van der Waals surface area contributed by atoms with Crippen molar-refractivity contribution in [3.63, 3.8) is 0 Å². The molecule has 1 aromatic carbocycles. The van der Waals surface area contributed by atoms with Crippen molar-refractivity contribution in [3.05, 3.63) is 28.2 Å². The van der Waals surface area contributed by atoms with Crippen molar-refractivity contribution >= 4 is 21.6 Å². The monoisotopic (exact) mass is 284 g/mol. The van der Waals surface area contributed by atoms with E-state index in [4.69, 9.17) is 5.73 Å². The lowest BCUT2D eigenvalue weighted by atomic mass is 10.1. The van der Waals surface area contributed by atoms with Gasteiger partial charge in [0.25, 0.3) is 0 Å². The van der Waals surface area contributed by atoms with E-state index in [0.29, 0.717) is 0 Å². The molecule has 0 heterocycles. The van der Waals surface area contributed by atoms with Crippen molar-refractivity contribution in [1.82, 2.24) is 4.90 Å². The second-order valence-electron chi connectivity index (χ2n) is 4.56. The lowest BCUT2D eigenvalue weighted by molar-refractivity contribution is 0.275. The molecule has 1 rings (SSSR count). The molecule has 0 saturated carbocycles. The van der Waals surface area contributed by atoms with Gasteiger partial charge in [-0.25, -0.2) is 0 Å². The summed E-state index contributed by atoms with van der Waals surface area (Å²) >= 11 is 3.55. The van der Waals surface area contributed by atoms with Gasteiger partial charge in [0.1, 0.15) is 0 Å². The van der Waals surface area contributed by atoms with Crippen molar-refractivity contribution in [2.75, 3.05) is 19.3 Å². The average Bonchev–Trinajstić information content (AvgIpc) is 2.22. The first kappa shape index (κ1) is 13.5. The smallest absolute Gasteiger partial charge is 0.0325 e. The Morgan fingerprint density at radius 3 is 2.69 bits per heavy atom. The van der Waals surface area contributed by atoms with Gasteiger partial charge in [0.2, 0.25) is 0 Å².